The highest BCUT2D eigenvalue weighted by Crippen LogP contribution is 2.35. The molecule has 9 nitrogen and oxygen atoms in total. The van der Waals surface area contributed by atoms with Crippen LogP contribution >= 0.6 is 0 Å². The van der Waals surface area contributed by atoms with Crippen LogP contribution in [-0.4, -0.2) is 48.9 Å². The van der Waals surface area contributed by atoms with Crippen molar-refractivity contribution in [1.82, 2.24) is 35.0 Å². The molecule has 2 N–H and O–H groups in total. The number of amides is 2. The van der Waals surface area contributed by atoms with Crippen LogP contribution < -0.4 is 10.6 Å². The molecule has 1 aliphatic heterocycles. The van der Waals surface area contributed by atoms with Gasteiger partial charge in [0.2, 0.25) is 5.91 Å². The lowest BCUT2D eigenvalue weighted by molar-refractivity contribution is -0.183. The van der Waals surface area contributed by atoms with E-state index in [4.69, 9.17) is 4.98 Å². The summed E-state index contributed by atoms with van der Waals surface area (Å²) in [6.07, 6.45) is 5.34. The van der Waals surface area contributed by atoms with E-state index in [0.29, 0.717) is 29.3 Å². The molecule has 2 fully saturated rings. The molecule has 0 aromatic carbocycles. The Labute approximate surface area is 224 Å². The van der Waals surface area contributed by atoms with E-state index in [9.17, 15) is 22.8 Å². The first-order valence-corrected chi connectivity index (χ1v) is 13.7. The fourth-order valence-corrected chi connectivity index (χ4v) is 5.85. The monoisotopic (exact) mass is 545 g/mol. The second kappa shape index (κ2) is 11.4. The summed E-state index contributed by atoms with van der Waals surface area (Å²) in [4.78, 5) is 30.4. The molecule has 1 aliphatic carbocycles. The molecule has 3 aromatic heterocycles. The molecule has 1 saturated carbocycles. The molecule has 3 atom stereocenters. The van der Waals surface area contributed by atoms with Crippen molar-refractivity contribution in [2.45, 2.75) is 77.1 Å². The minimum Gasteiger partial charge on any atom is -0.355 e. The fraction of sp³-hybridized carbons (Fsp3) is 0.593. The smallest absolute Gasteiger partial charge is 0.355 e. The third-order valence-electron chi connectivity index (χ3n) is 8.00. The second-order valence-electron chi connectivity index (χ2n) is 10.6. The Balaban J connectivity index is 1.39. The number of fused-ring (bicyclic) bond motifs is 1. The number of alkyl halides is 3. The largest absolute Gasteiger partial charge is 0.393 e. The third-order valence-corrected chi connectivity index (χ3v) is 8.00. The number of carbonyl (C=O) groups is 2. The van der Waals surface area contributed by atoms with Gasteiger partial charge in [-0.25, -0.2) is 9.50 Å². The zero-order chi connectivity index (χ0) is 27.6. The minimum absolute atomic E-state index is 0.103. The lowest BCUT2D eigenvalue weighted by Crippen LogP contribution is -2.47. The maximum Gasteiger partial charge on any atom is 0.393 e. The number of hydrogen-bond acceptors (Lipinski definition) is 5. The number of imidazole rings is 1. The van der Waals surface area contributed by atoms with Gasteiger partial charge in [0, 0.05) is 31.6 Å². The molecule has 39 heavy (non-hydrogen) atoms. The summed E-state index contributed by atoms with van der Waals surface area (Å²) in [5, 5.41) is 14.4. The summed E-state index contributed by atoms with van der Waals surface area (Å²) in [5.74, 6) is -2.75. The van der Waals surface area contributed by atoms with Gasteiger partial charge in [-0.15, -0.1) is 0 Å². The molecule has 1 saturated heterocycles. The van der Waals surface area contributed by atoms with Gasteiger partial charge in [0.05, 0.1) is 29.5 Å². The van der Waals surface area contributed by atoms with Crippen molar-refractivity contribution >= 4 is 17.5 Å². The van der Waals surface area contributed by atoms with Crippen molar-refractivity contribution in [3.8, 4) is 0 Å². The van der Waals surface area contributed by atoms with Crippen LogP contribution in [0.5, 0.6) is 0 Å². The van der Waals surface area contributed by atoms with Crippen molar-refractivity contribution in [2.75, 3.05) is 6.54 Å². The van der Waals surface area contributed by atoms with E-state index in [-0.39, 0.29) is 43.2 Å². The Kier molecular flexibility index (Phi) is 7.90. The predicted molar refractivity (Wildman–Crippen MR) is 137 cm³/mol. The zero-order valence-electron chi connectivity index (χ0n) is 22.0. The van der Waals surface area contributed by atoms with Crippen LogP contribution in [-0.2, 0) is 17.8 Å². The van der Waals surface area contributed by atoms with Crippen LogP contribution in [0, 0.1) is 17.8 Å². The summed E-state index contributed by atoms with van der Waals surface area (Å²) >= 11 is 0. The summed E-state index contributed by atoms with van der Waals surface area (Å²) < 4.78 is 43.0. The van der Waals surface area contributed by atoms with Gasteiger partial charge >= 0.3 is 6.18 Å². The zero-order valence-corrected chi connectivity index (χ0v) is 22.0. The fourth-order valence-electron chi connectivity index (χ4n) is 5.85. The quantitative estimate of drug-likeness (QED) is 0.432. The van der Waals surface area contributed by atoms with Gasteiger partial charge in [-0.2, -0.15) is 23.4 Å². The standard InChI is InChI=1S/C27H34F3N7O2/c1-2-36-22(11-12-32-36)26(39)34-24(17-7-5-3-4-6-8-17)21-16-37-23(33-21)10-9-20(35-37)14-18-13-19(27(28,29)30)15-31-25(18)38/h9-12,16-19,24H,2-8,13-15H2,1H3,(H,31,38)(H,34,39)/t18?,19-,24+/m1/s1. The maximum atomic E-state index is 13.3. The summed E-state index contributed by atoms with van der Waals surface area (Å²) in [5.41, 5.74) is 2.26. The topological polar surface area (TPSA) is 106 Å². The van der Waals surface area contributed by atoms with E-state index >= 15 is 0 Å². The van der Waals surface area contributed by atoms with Gasteiger partial charge < -0.3 is 10.6 Å². The molecular weight excluding hydrogens is 511 g/mol. The number of carbonyl (C=O) groups excluding carboxylic acids is 2. The number of nitrogens with one attached hydrogen (secondary N) is 2. The van der Waals surface area contributed by atoms with Crippen molar-refractivity contribution in [1.29, 1.82) is 0 Å². The highest BCUT2D eigenvalue weighted by atomic mass is 19.4. The van der Waals surface area contributed by atoms with Gasteiger partial charge in [-0.3, -0.25) is 14.3 Å². The van der Waals surface area contributed by atoms with Crippen molar-refractivity contribution in [3.05, 3.63) is 47.7 Å². The first kappa shape index (κ1) is 27.1. The molecule has 1 unspecified atom stereocenters. The van der Waals surface area contributed by atoms with E-state index in [1.165, 1.54) is 12.8 Å². The van der Waals surface area contributed by atoms with Crippen LogP contribution in [0.4, 0.5) is 13.2 Å². The number of rotatable bonds is 7. The Morgan fingerprint density at radius 3 is 2.67 bits per heavy atom. The van der Waals surface area contributed by atoms with Crippen LogP contribution in [0.3, 0.4) is 0 Å². The Bertz CT molecular complexity index is 1310. The van der Waals surface area contributed by atoms with Gasteiger partial charge in [0.15, 0.2) is 5.65 Å². The van der Waals surface area contributed by atoms with Crippen LogP contribution in [0.1, 0.15) is 79.8 Å². The number of aryl methyl sites for hydroxylation is 1. The molecule has 0 radical (unpaired) electrons. The number of aromatic nitrogens is 5. The average molecular weight is 546 g/mol. The highest BCUT2D eigenvalue weighted by molar-refractivity contribution is 5.92. The Morgan fingerprint density at radius 1 is 1.18 bits per heavy atom. The van der Waals surface area contributed by atoms with Gasteiger partial charge in [-0.05, 0) is 50.3 Å². The molecule has 210 valence electrons. The lowest BCUT2D eigenvalue weighted by atomic mass is 9.86. The average Bonchev–Trinajstić information content (AvgIpc) is 3.47. The lowest BCUT2D eigenvalue weighted by Gasteiger charge is -2.30. The molecule has 5 rings (SSSR count). The summed E-state index contributed by atoms with van der Waals surface area (Å²) in [7, 11) is 0. The highest BCUT2D eigenvalue weighted by Gasteiger charge is 2.44. The second-order valence-corrected chi connectivity index (χ2v) is 10.6. The SMILES string of the molecule is CCn1nccc1C(=O)N[C@H](c1cn2nc(CC3C[C@@H](C(F)(F)F)CNC3=O)ccc2n1)C1CCCCCC1. The molecule has 2 amide bonds. The minimum atomic E-state index is -4.35. The van der Waals surface area contributed by atoms with Crippen molar-refractivity contribution in [2.24, 2.45) is 17.8 Å². The molecular formula is C27H34F3N7O2. The number of piperidine rings is 1. The van der Waals surface area contributed by atoms with Gasteiger partial charge in [0.25, 0.3) is 5.91 Å². The van der Waals surface area contributed by atoms with E-state index in [1.54, 1.807) is 39.8 Å². The van der Waals surface area contributed by atoms with Crippen molar-refractivity contribution in [3.63, 3.8) is 0 Å². The van der Waals surface area contributed by atoms with Crippen LogP contribution in [0.25, 0.3) is 5.65 Å². The van der Waals surface area contributed by atoms with Crippen LogP contribution in [0.15, 0.2) is 30.6 Å². The number of hydrogen-bond donors (Lipinski definition) is 2. The first-order chi connectivity index (χ1) is 18.7. The van der Waals surface area contributed by atoms with Crippen LogP contribution in [0.2, 0.25) is 0 Å². The predicted octanol–water partition coefficient (Wildman–Crippen LogP) is 4.24. The maximum absolute atomic E-state index is 13.3. The van der Waals surface area contributed by atoms with E-state index in [0.717, 1.165) is 25.7 Å². The molecule has 12 heteroatoms. The van der Waals surface area contributed by atoms with E-state index in [1.807, 2.05) is 6.92 Å². The molecule has 3 aromatic rings. The van der Waals surface area contributed by atoms with Gasteiger partial charge in [-0.1, -0.05) is 25.7 Å². The Morgan fingerprint density at radius 2 is 1.95 bits per heavy atom. The molecule has 4 heterocycles. The molecule has 0 bridgehead atoms. The summed E-state index contributed by atoms with van der Waals surface area (Å²) in [6, 6.07) is 4.84. The van der Waals surface area contributed by atoms with Gasteiger partial charge in [0.1, 0.15) is 5.69 Å². The third kappa shape index (κ3) is 6.09. The van der Waals surface area contributed by atoms with E-state index in [2.05, 4.69) is 20.8 Å². The Hall–Kier alpha value is -3.44. The normalized spacial score (nSPS) is 21.9. The molecule has 0 spiro atoms. The number of halogens is 3. The summed E-state index contributed by atoms with van der Waals surface area (Å²) in [6.45, 7) is 2.12. The number of nitrogens with zero attached hydrogens (tertiary/aromatic N) is 5. The van der Waals surface area contributed by atoms with E-state index < -0.39 is 18.0 Å². The van der Waals surface area contributed by atoms with Crippen molar-refractivity contribution < 1.29 is 22.8 Å². The first-order valence-electron chi connectivity index (χ1n) is 13.7. The molecule has 2 aliphatic rings.